The molecule has 6 nitrogen and oxygen atoms in total. The first kappa shape index (κ1) is 24.4. The van der Waals surface area contributed by atoms with Crippen molar-refractivity contribution in [2.75, 3.05) is 38.3 Å². The monoisotopic (exact) mass is 487 g/mol. The van der Waals surface area contributed by atoms with Crippen LogP contribution in [0.15, 0.2) is 67.0 Å². The van der Waals surface area contributed by atoms with Gasteiger partial charge in [-0.15, -0.1) is 0 Å². The number of pyridine rings is 1. The zero-order valence-corrected chi connectivity index (χ0v) is 21.3. The van der Waals surface area contributed by atoms with Crippen molar-refractivity contribution < 1.29 is 14.2 Å². The Hall–Kier alpha value is -3.25. The van der Waals surface area contributed by atoms with Crippen LogP contribution in [0.4, 0.5) is 11.4 Å². The number of aromatic nitrogens is 1. The number of hydrogen-bond acceptors (Lipinski definition) is 6. The summed E-state index contributed by atoms with van der Waals surface area (Å²) in [6.45, 7) is 4.79. The molecule has 1 saturated carbocycles. The van der Waals surface area contributed by atoms with E-state index in [9.17, 15) is 0 Å². The Morgan fingerprint density at radius 1 is 0.917 bits per heavy atom. The fourth-order valence-corrected chi connectivity index (χ4v) is 5.14. The standard InChI is InChI=1S/C30H37N3O3/c1-34-29-15-12-26(21-30(29)36-28-8-2-3-9-28)33(23-24-7-6-16-31-22-24)25-10-13-27(14-11-25)35-20-19-32-17-4-5-18-32/h6-7,10-16,21-22,28H,2-5,8-9,17-20,23H2,1H3. The molecule has 0 radical (unpaired) electrons. The highest BCUT2D eigenvalue weighted by Gasteiger charge is 2.20. The van der Waals surface area contributed by atoms with E-state index in [1.54, 1.807) is 7.11 Å². The van der Waals surface area contributed by atoms with Gasteiger partial charge in [0.15, 0.2) is 11.5 Å². The summed E-state index contributed by atoms with van der Waals surface area (Å²) in [6, 6.07) is 18.7. The number of benzene rings is 2. The van der Waals surface area contributed by atoms with E-state index >= 15 is 0 Å². The van der Waals surface area contributed by atoms with Crippen molar-refractivity contribution in [1.82, 2.24) is 9.88 Å². The molecule has 0 N–H and O–H groups in total. The molecule has 0 unspecified atom stereocenters. The Morgan fingerprint density at radius 2 is 1.69 bits per heavy atom. The van der Waals surface area contributed by atoms with Gasteiger partial charge < -0.3 is 19.1 Å². The average Bonchev–Trinajstić information content (AvgIpc) is 3.63. The summed E-state index contributed by atoms with van der Waals surface area (Å²) in [5, 5.41) is 0. The van der Waals surface area contributed by atoms with Crippen LogP contribution in [0.25, 0.3) is 0 Å². The summed E-state index contributed by atoms with van der Waals surface area (Å²) in [5.41, 5.74) is 3.27. The molecule has 2 aliphatic rings. The predicted octanol–water partition coefficient (Wildman–Crippen LogP) is 6.22. The van der Waals surface area contributed by atoms with E-state index < -0.39 is 0 Å². The third kappa shape index (κ3) is 6.30. The lowest BCUT2D eigenvalue weighted by molar-refractivity contribution is 0.201. The molecule has 1 aliphatic heterocycles. The van der Waals surface area contributed by atoms with E-state index in [1.807, 2.05) is 24.5 Å². The van der Waals surface area contributed by atoms with Crippen LogP contribution in [-0.4, -0.2) is 49.3 Å². The number of nitrogens with zero attached hydrogens (tertiary/aromatic N) is 3. The summed E-state index contributed by atoms with van der Waals surface area (Å²) in [7, 11) is 1.70. The van der Waals surface area contributed by atoms with E-state index in [0.29, 0.717) is 6.54 Å². The van der Waals surface area contributed by atoms with E-state index in [-0.39, 0.29) is 6.10 Å². The minimum atomic E-state index is 0.262. The van der Waals surface area contributed by atoms with E-state index in [2.05, 4.69) is 57.2 Å². The van der Waals surface area contributed by atoms with Gasteiger partial charge in [-0.3, -0.25) is 9.88 Å². The second kappa shape index (κ2) is 12.1. The van der Waals surface area contributed by atoms with Gasteiger partial charge in [-0.2, -0.15) is 0 Å². The van der Waals surface area contributed by atoms with Gasteiger partial charge in [-0.1, -0.05) is 6.07 Å². The van der Waals surface area contributed by atoms with Crippen molar-refractivity contribution in [2.45, 2.75) is 51.2 Å². The van der Waals surface area contributed by atoms with E-state index in [4.69, 9.17) is 14.2 Å². The molecule has 1 saturated heterocycles. The van der Waals surface area contributed by atoms with Crippen molar-refractivity contribution in [3.05, 3.63) is 72.6 Å². The maximum absolute atomic E-state index is 6.39. The first-order chi connectivity index (χ1) is 17.8. The second-order valence-corrected chi connectivity index (χ2v) is 9.70. The highest BCUT2D eigenvalue weighted by atomic mass is 16.5. The molecule has 0 atom stereocenters. The number of anilines is 2. The maximum atomic E-state index is 6.39. The van der Waals surface area contributed by atoms with Gasteiger partial charge in [0.2, 0.25) is 0 Å². The predicted molar refractivity (Wildman–Crippen MR) is 144 cm³/mol. The van der Waals surface area contributed by atoms with Crippen LogP contribution < -0.4 is 19.1 Å². The molecule has 3 aromatic rings. The van der Waals surface area contributed by atoms with Gasteiger partial charge in [0.1, 0.15) is 12.4 Å². The first-order valence-electron chi connectivity index (χ1n) is 13.2. The molecule has 5 rings (SSSR count). The molecule has 2 heterocycles. The highest BCUT2D eigenvalue weighted by Crippen LogP contribution is 2.38. The van der Waals surface area contributed by atoms with Gasteiger partial charge in [0.25, 0.3) is 0 Å². The minimum absolute atomic E-state index is 0.262. The largest absolute Gasteiger partial charge is 0.493 e. The molecule has 190 valence electrons. The van der Waals surface area contributed by atoms with Crippen LogP contribution in [0.5, 0.6) is 17.2 Å². The number of hydrogen-bond donors (Lipinski definition) is 0. The van der Waals surface area contributed by atoms with Crippen molar-refractivity contribution in [3.8, 4) is 17.2 Å². The normalized spacial score (nSPS) is 16.2. The topological polar surface area (TPSA) is 47.1 Å². The number of rotatable bonds is 11. The van der Waals surface area contributed by atoms with Gasteiger partial charge >= 0.3 is 0 Å². The molecule has 0 amide bonds. The maximum Gasteiger partial charge on any atom is 0.163 e. The summed E-state index contributed by atoms with van der Waals surface area (Å²) in [6.07, 6.45) is 11.3. The van der Waals surface area contributed by atoms with Gasteiger partial charge in [0.05, 0.1) is 13.2 Å². The Morgan fingerprint density at radius 3 is 2.42 bits per heavy atom. The molecule has 6 heteroatoms. The van der Waals surface area contributed by atoms with Crippen LogP contribution in [-0.2, 0) is 6.54 Å². The zero-order valence-electron chi connectivity index (χ0n) is 21.3. The van der Waals surface area contributed by atoms with Crippen molar-refractivity contribution in [2.24, 2.45) is 0 Å². The number of likely N-dealkylation sites (tertiary alicyclic amines) is 1. The third-order valence-electron chi connectivity index (χ3n) is 7.14. The van der Waals surface area contributed by atoms with Crippen LogP contribution >= 0.6 is 0 Å². The SMILES string of the molecule is COc1ccc(N(Cc2cccnc2)c2ccc(OCCN3CCCC3)cc2)cc1OC1CCCC1. The lowest BCUT2D eigenvalue weighted by atomic mass is 10.1. The Balaban J connectivity index is 1.36. The molecule has 36 heavy (non-hydrogen) atoms. The fourth-order valence-electron chi connectivity index (χ4n) is 5.14. The molecule has 2 fully saturated rings. The Kier molecular flexibility index (Phi) is 8.24. The Bertz CT molecular complexity index is 1080. The van der Waals surface area contributed by atoms with Gasteiger partial charge in [-0.05, 0) is 99.6 Å². The van der Waals surface area contributed by atoms with Crippen molar-refractivity contribution in [3.63, 3.8) is 0 Å². The average molecular weight is 488 g/mol. The summed E-state index contributed by atoms with van der Waals surface area (Å²) < 4.78 is 18.1. The number of ether oxygens (including phenoxy) is 3. The number of methoxy groups -OCH3 is 1. The van der Waals surface area contributed by atoms with E-state index in [1.165, 1.54) is 38.8 Å². The molecule has 1 aromatic heterocycles. The molecule has 0 bridgehead atoms. The summed E-state index contributed by atoms with van der Waals surface area (Å²) in [4.78, 5) is 9.08. The Labute approximate surface area is 214 Å². The fraction of sp³-hybridized carbons (Fsp3) is 0.433. The molecule has 2 aromatic carbocycles. The quantitative estimate of drug-likeness (QED) is 0.320. The van der Waals surface area contributed by atoms with Crippen molar-refractivity contribution >= 4 is 11.4 Å². The molecule has 1 aliphatic carbocycles. The van der Waals surface area contributed by atoms with E-state index in [0.717, 1.165) is 60.2 Å². The van der Waals surface area contributed by atoms with Crippen molar-refractivity contribution in [1.29, 1.82) is 0 Å². The minimum Gasteiger partial charge on any atom is -0.493 e. The van der Waals surface area contributed by atoms with Crippen LogP contribution in [0.1, 0.15) is 44.1 Å². The lowest BCUT2D eigenvalue weighted by Crippen LogP contribution is -2.25. The van der Waals surface area contributed by atoms with Gasteiger partial charge in [0, 0.05) is 42.9 Å². The smallest absolute Gasteiger partial charge is 0.163 e. The van der Waals surface area contributed by atoms with Crippen LogP contribution in [0, 0.1) is 0 Å². The zero-order chi connectivity index (χ0) is 24.6. The highest BCUT2D eigenvalue weighted by molar-refractivity contribution is 5.67. The molecular formula is C30H37N3O3. The summed E-state index contributed by atoms with van der Waals surface area (Å²) >= 11 is 0. The summed E-state index contributed by atoms with van der Waals surface area (Å²) in [5.74, 6) is 2.48. The van der Waals surface area contributed by atoms with Crippen LogP contribution in [0.3, 0.4) is 0 Å². The second-order valence-electron chi connectivity index (χ2n) is 9.70. The first-order valence-corrected chi connectivity index (χ1v) is 13.2. The molecular weight excluding hydrogens is 450 g/mol. The lowest BCUT2D eigenvalue weighted by Gasteiger charge is -2.27. The van der Waals surface area contributed by atoms with Gasteiger partial charge in [-0.25, -0.2) is 0 Å². The van der Waals surface area contributed by atoms with Crippen LogP contribution in [0.2, 0.25) is 0 Å². The molecule has 0 spiro atoms. The third-order valence-corrected chi connectivity index (χ3v) is 7.14.